The van der Waals surface area contributed by atoms with E-state index in [4.69, 9.17) is 17.3 Å². The smallest absolute Gasteiger partial charge is 0.255 e. The molecule has 0 bridgehead atoms. The minimum atomic E-state index is 0. The zero-order valence-electron chi connectivity index (χ0n) is 13.9. The molecule has 1 aliphatic heterocycles. The van der Waals surface area contributed by atoms with Crippen LogP contribution in [0.1, 0.15) is 23.7 Å². The highest BCUT2D eigenvalue weighted by atomic mass is 35.5. The fourth-order valence-corrected chi connectivity index (χ4v) is 3.25. The van der Waals surface area contributed by atoms with E-state index in [1.807, 2.05) is 35.2 Å². The summed E-state index contributed by atoms with van der Waals surface area (Å²) in [7, 11) is 0. The maximum Gasteiger partial charge on any atom is 0.255 e. The van der Waals surface area contributed by atoms with Gasteiger partial charge in [0.15, 0.2) is 0 Å². The Labute approximate surface area is 165 Å². The monoisotopic (exact) mass is 401 g/mol. The Morgan fingerprint density at radius 1 is 1.24 bits per heavy atom. The van der Waals surface area contributed by atoms with Gasteiger partial charge in [0.05, 0.1) is 5.56 Å². The van der Waals surface area contributed by atoms with Crippen LogP contribution in [-0.4, -0.2) is 34.9 Å². The Bertz CT molecular complexity index is 709. The van der Waals surface area contributed by atoms with Crippen molar-refractivity contribution in [1.82, 2.24) is 9.88 Å². The molecule has 25 heavy (non-hydrogen) atoms. The van der Waals surface area contributed by atoms with Crippen LogP contribution in [0.5, 0.6) is 0 Å². The van der Waals surface area contributed by atoms with Crippen molar-refractivity contribution in [2.45, 2.75) is 19.4 Å². The van der Waals surface area contributed by atoms with Gasteiger partial charge >= 0.3 is 0 Å². The maximum atomic E-state index is 12.8. The van der Waals surface area contributed by atoms with Gasteiger partial charge in [-0.25, -0.2) is 0 Å². The van der Waals surface area contributed by atoms with Crippen molar-refractivity contribution in [3.8, 4) is 11.1 Å². The van der Waals surface area contributed by atoms with Gasteiger partial charge < -0.3 is 10.6 Å². The highest BCUT2D eigenvalue weighted by Gasteiger charge is 2.32. The molecule has 2 unspecified atom stereocenters. The van der Waals surface area contributed by atoms with Crippen molar-refractivity contribution < 1.29 is 4.79 Å². The molecule has 0 aliphatic carbocycles. The first-order valence-electron chi connectivity index (χ1n) is 7.80. The summed E-state index contributed by atoms with van der Waals surface area (Å²) in [6.07, 6.45) is 4.35. The minimum Gasteiger partial charge on any atom is -0.336 e. The van der Waals surface area contributed by atoms with Crippen molar-refractivity contribution in [1.29, 1.82) is 0 Å². The topological polar surface area (TPSA) is 59.2 Å². The molecule has 2 aromatic rings. The van der Waals surface area contributed by atoms with Gasteiger partial charge in [0, 0.05) is 35.6 Å². The third kappa shape index (κ3) is 4.85. The quantitative estimate of drug-likeness (QED) is 0.842. The predicted octanol–water partition coefficient (Wildman–Crippen LogP) is 4.05. The second kappa shape index (κ2) is 9.39. The molecule has 7 heteroatoms. The molecule has 0 saturated carbocycles. The van der Waals surface area contributed by atoms with Crippen LogP contribution in [0.4, 0.5) is 0 Å². The number of pyridine rings is 1. The van der Waals surface area contributed by atoms with E-state index in [1.54, 1.807) is 12.4 Å². The number of benzene rings is 1. The lowest BCUT2D eigenvalue weighted by Gasteiger charge is -2.21. The standard InChI is InChI=1S/C18H20ClN3O.2ClH/c1-12-6-13(8-20)11-22(12)18(23)16-7-15(9-21-10-16)14-2-4-17(19)5-3-14;;/h2-5,7,9-10,12-13H,6,8,11,20H2,1H3;2*1H. The highest BCUT2D eigenvalue weighted by molar-refractivity contribution is 6.30. The molecule has 1 aromatic heterocycles. The summed E-state index contributed by atoms with van der Waals surface area (Å²) in [6, 6.07) is 9.63. The average molecular weight is 403 g/mol. The number of carbonyl (C=O) groups is 1. The number of likely N-dealkylation sites (tertiary alicyclic amines) is 1. The molecule has 3 rings (SSSR count). The number of hydrogen-bond donors (Lipinski definition) is 1. The largest absolute Gasteiger partial charge is 0.336 e. The zero-order valence-corrected chi connectivity index (χ0v) is 16.3. The summed E-state index contributed by atoms with van der Waals surface area (Å²) in [4.78, 5) is 18.9. The summed E-state index contributed by atoms with van der Waals surface area (Å²) in [5.41, 5.74) is 8.26. The van der Waals surface area contributed by atoms with Crippen LogP contribution in [0.2, 0.25) is 5.02 Å². The number of amides is 1. The average Bonchev–Trinajstić information content (AvgIpc) is 2.96. The van der Waals surface area contributed by atoms with Crippen LogP contribution >= 0.6 is 36.4 Å². The molecule has 1 aliphatic rings. The van der Waals surface area contributed by atoms with Crippen molar-refractivity contribution in [2.24, 2.45) is 11.7 Å². The van der Waals surface area contributed by atoms with E-state index in [-0.39, 0.29) is 36.8 Å². The second-order valence-corrected chi connectivity index (χ2v) is 6.55. The maximum absolute atomic E-state index is 12.8. The summed E-state index contributed by atoms with van der Waals surface area (Å²) in [6.45, 7) is 3.42. The van der Waals surface area contributed by atoms with E-state index in [9.17, 15) is 4.79 Å². The molecule has 4 nitrogen and oxygen atoms in total. The van der Waals surface area contributed by atoms with Gasteiger partial charge in [-0.1, -0.05) is 23.7 Å². The van der Waals surface area contributed by atoms with E-state index in [2.05, 4.69) is 11.9 Å². The molecular formula is C18H22Cl3N3O. The van der Waals surface area contributed by atoms with Gasteiger partial charge in [-0.3, -0.25) is 9.78 Å². The molecular weight excluding hydrogens is 381 g/mol. The van der Waals surface area contributed by atoms with Crippen LogP contribution in [-0.2, 0) is 0 Å². The van der Waals surface area contributed by atoms with Crippen LogP contribution in [0.15, 0.2) is 42.7 Å². The lowest BCUT2D eigenvalue weighted by Crippen LogP contribution is -2.34. The third-order valence-electron chi connectivity index (χ3n) is 4.42. The van der Waals surface area contributed by atoms with E-state index < -0.39 is 0 Å². The summed E-state index contributed by atoms with van der Waals surface area (Å²) in [5.74, 6) is 0.415. The fraction of sp³-hybridized carbons (Fsp3) is 0.333. The van der Waals surface area contributed by atoms with Gasteiger partial charge in [0.1, 0.15) is 0 Å². The lowest BCUT2D eigenvalue weighted by atomic mass is 10.1. The predicted molar refractivity (Wildman–Crippen MR) is 107 cm³/mol. The molecule has 2 N–H and O–H groups in total. The Morgan fingerprint density at radius 2 is 1.92 bits per heavy atom. The Kier molecular flexibility index (Phi) is 8.16. The van der Waals surface area contributed by atoms with E-state index in [0.717, 1.165) is 24.1 Å². The minimum absolute atomic E-state index is 0. The molecule has 136 valence electrons. The molecule has 1 saturated heterocycles. The van der Waals surface area contributed by atoms with Crippen molar-refractivity contribution in [3.63, 3.8) is 0 Å². The Balaban J connectivity index is 0.00000156. The second-order valence-electron chi connectivity index (χ2n) is 6.11. The number of hydrogen-bond acceptors (Lipinski definition) is 3. The van der Waals surface area contributed by atoms with E-state index >= 15 is 0 Å². The molecule has 1 aromatic carbocycles. The van der Waals surface area contributed by atoms with Gasteiger partial charge in [0.25, 0.3) is 5.91 Å². The lowest BCUT2D eigenvalue weighted by molar-refractivity contribution is 0.0743. The van der Waals surface area contributed by atoms with Crippen molar-refractivity contribution in [2.75, 3.05) is 13.1 Å². The third-order valence-corrected chi connectivity index (χ3v) is 4.67. The van der Waals surface area contributed by atoms with Crippen molar-refractivity contribution in [3.05, 3.63) is 53.3 Å². The normalized spacial score (nSPS) is 19.1. The molecule has 1 amide bonds. The van der Waals surface area contributed by atoms with Gasteiger partial charge in [0.2, 0.25) is 0 Å². The van der Waals surface area contributed by atoms with E-state index in [1.165, 1.54) is 0 Å². The number of aromatic nitrogens is 1. The molecule has 2 heterocycles. The molecule has 0 radical (unpaired) electrons. The van der Waals surface area contributed by atoms with Gasteiger partial charge in [-0.05, 0) is 49.6 Å². The van der Waals surface area contributed by atoms with Gasteiger partial charge in [-0.15, -0.1) is 24.8 Å². The fourth-order valence-electron chi connectivity index (χ4n) is 3.12. The number of nitrogens with zero attached hydrogens (tertiary/aromatic N) is 2. The molecule has 2 atom stereocenters. The first-order valence-corrected chi connectivity index (χ1v) is 8.18. The van der Waals surface area contributed by atoms with Crippen LogP contribution in [0.3, 0.4) is 0 Å². The number of nitrogens with two attached hydrogens (primary N) is 1. The first kappa shape index (κ1) is 21.7. The van der Waals surface area contributed by atoms with Gasteiger partial charge in [-0.2, -0.15) is 0 Å². The zero-order chi connectivity index (χ0) is 16.4. The van der Waals surface area contributed by atoms with Crippen LogP contribution in [0.25, 0.3) is 11.1 Å². The SMILES string of the molecule is CC1CC(CN)CN1C(=O)c1cncc(-c2ccc(Cl)cc2)c1.Cl.Cl. The molecule has 0 spiro atoms. The summed E-state index contributed by atoms with van der Waals surface area (Å²) in [5, 5.41) is 0.688. The Morgan fingerprint density at radius 3 is 2.52 bits per heavy atom. The Hall–Kier alpha value is -1.33. The first-order chi connectivity index (χ1) is 11.1. The van der Waals surface area contributed by atoms with E-state index in [0.29, 0.717) is 23.0 Å². The van der Waals surface area contributed by atoms with Crippen molar-refractivity contribution >= 4 is 42.3 Å². The summed E-state index contributed by atoms with van der Waals surface area (Å²) < 4.78 is 0. The van der Waals surface area contributed by atoms with Crippen LogP contribution in [0, 0.1) is 5.92 Å². The number of rotatable bonds is 3. The van der Waals surface area contributed by atoms with Crippen LogP contribution < -0.4 is 5.73 Å². The highest BCUT2D eigenvalue weighted by Crippen LogP contribution is 2.26. The number of carbonyl (C=O) groups excluding carboxylic acids is 1. The molecule has 1 fully saturated rings. The summed E-state index contributed by atoms with van der Waals surface area (Å²) >= 11 is 5.92. The number of halogens is 3.